The second-order valence-electron chi connectivity index (χ2n) is 4.98. The van der Waals surface area contributed by atoms with Gasteiger partial charge >= 0.3 is 0 Å². The van der Waals surface area contributed by atoms with E-state index >= 15 is 0 Å². The van der Waals surface area contributed by atoms with Crippen molar-refractivity contribution in [3.05, 3.63) is 28.5 Å². The van der Waals surface area contributed by atoms with Crippen LogP contribution < -0.4 is 5.73 Å². The van der Waals surface area contributed by atoms with Gasteiger partial charge in [0.15, 0.2) is 9.84 Å². The summed E-state index contributed by atoms with van der Waals surface area (Å²) in [5.41, 5.74) is 7.17. The van der Waals surface area contributed by atoms with Crippen LogP contribution in [-0.4, -0.2) is 30.9 Å². The summed E-state index contributed by atoms with van der Waals surface area (Å²) in [5, 5.41) is 0. The van der Waals surface area contributed by atoms with Gasteiger partial charge in [-0.2, -0.15) is 0 Å². The lowest BCUT2D eigenvalue weighted by atomic mass is 9.96. The highest BCUT2D eigenvalue weighted by atomic mass is 79.9. The summed E-state index contributed by atoms with van der Waals surface area (Å²) >= 11 is 3.37. The van der Waals surface area contributed by atoms with Crippen molar-refractivity contribution in [2.24, 2.45) is 11.7 Å². The quantitative estimate of drug-likeness (QED) is 0.907. The highest BCUT2D eigenvalue weighted by Gasteiger charge is 2.28. The number of halogens is 1. The maximum Gasteiger partial charge on any atom is 0.150 e. The number of rotatable bonds is 4. The Balaban J connectivity index is 1.88. The Kier molecular flexibility index (Phi) is 4.40. The summed E-state index contributed by atoms with van der Waals surface area (Å²) in [6, 6.07) is 2.00. The number of hydrogen-bond acceptors (Lipinski definition) is 4. The summed E-state index contributed by atoms with van der Waals surface area (Å²) in [6.45, 7) is 0. The lowest BCUT2D eigenvalue weighted by Crippen LogP contribution is -2.26. The molecule has 1 fully saturated rings. The zero-order valence-corrected chi connectivity index (χ0v) is 12.5. The van der Waals surface area contributed by atoms with Crippen molar-refractivity contribution in [3.63, 3.8) is 0 Å². The average molecular weight is 333 g/mol. The Bertz CT molecular complexity index is 519. The van der Waals surface area contributed by atoms with E-state index in [0.29, 0.717) is 11.5 Å². The van der Waals surface area contributed by atoms with Gasteiger partial charge in [0.25, 0.3) is 0 Å². The predicted molar refractivity (Wildman–Crippen MR) is 75.0 cm³/mol. The maximum absolute atomic E-state index is 11.4. The van der Waals surface area contributed by atoms with Gasteiger partial charge in [-0.15, -0.1) is 0 Å². The van der Waals surface area contributed by atoms with E-state index in [0.717, 1.165) is 29.3 Å². The molecule has 1 aliphatic rings. The van der Waals surface area contributed by atoms with Crippen molar-refractivity contribution in [2.75, 3.05) is 11.5 Å². The van der Waals surface area contributed by atoms with Crippen molar-refractivity contribution in [1.82, 2.24) is 4.98 Å². The topological polar surface area (TPSA) is 73.0 Å². The number of pyridine rings is 1. The number of nitrogens with zero attached hydrogens (tertiary/aromatic N) is 1. The molecule has 0 spiro atoms. The second-order valence-corrected chi connectivity index (χ2v) is 8.12. The number of hydrogen-bond donors (Lipinski definition) is 1. The molecule has 4 nitrogen and oxygen atoms in total. The van der Waals surface area contributed by atoms with Gasteiger partial charge in [-0.3, -0.25) is 4.98 Å². The van der Waals surface area contributed by atoms with Crippen molar-refractivity contribution in [3.8, 4) is 0 Å². The molecule has 1 aliphatic heterocycles. The van der Waals surface area contributed by atoms with Gasteiger partial charge in [-0.1, -0.05) is 0 Å². The normalized spacial score (nSPS) is 24.0. The molecule has 1 saturated heterocycles. The van der Waals surface area contributed by atoms with Gasteiger partial charge < -0.3 is 5.73 Å². The van der Waals surface area contributed by atoms with Gasteiger partial charge in [0.1, 0.15) is 0 Å². The second kappa shape index (κ2) is 5.67. The van der Waals surface area contributed by atoms with E-state index in [1.54, 1.807) is 12.4 Å². The first kappa shape index (κ1) is 14.0. The first-order valence-corrected chi connectivity index (χ1v) is 8.61. The van der Waals surface area contributed by atoms with Crippen LogP contribution in [0.15, 0.2) is 22.9 Å². The number of sulfone groups is 1. The summed E-state index contributed by atoms with van der Waals surface area (Å²) in [4.78, 5) is 4.09. The standard InChI is InChI=1S/C12H17BrN2O2S/c13-11-3-10(6-15-7-11)5-12(14)4-9-1-2-18(16,17)8-9/h3,6-7,9,12H,1-2,4-5,8,14H2. The van der Waals surface area contributed by atoms with Gasteiger partial charge in [0.05, 0.1) is 11.5 Å². The zero-order chi connectivity index (χ0) is 13.2. The molecule has 2 N–H and O–H groups in total. The van der Waals surface area contributed by atoms with E-state index in [4.69, 9.17) is 5.73 Å². The molecule has 0 saturated carbocycles. The first-order chi connectivity index (χ1) is 8.44. The van der Waals surface area contributed by atoms with Gasteiger partial charge in [-0.05, 0) is 52.7 Å². The van der Waals surface area contributed by atoms with Gasteiger partial charge in [0.2, 0.25) is 0 Å². The average Bonchev–Trinajstić information content (AvgIpc) is 2.57. The zero-order valence-electron chi connectivity index (χ0n) is 10.0. The monoisotopic (exact) mass is 332 g/mol. The molecule has 2 atom stereocenters. The van der Waals surface area contributed by atoms with Crippen LogP contribution in [0.4, 0.5) is 0 Å². The Labute approximate surface area is 116 Å². The van der Waals surface area contributed by atoms with Crippen LogP contribution in [0.5, 0.6) is 0 Å². The van der Waals surface area contributed by atoms with Crippen molar-refractivity contribution in [2.45, 2.75) is 25.3 Å². The summed E-state index contributed by atoms with van der Waals surface area (Å²) in [6.07, 6.45) is 5.80. The van der Waals surface area contributed by atoms with Crippen LogP contribution in [0.3, 0.4) is 0 Å². The van der Waals surface area contributed by atoms with Crippen LogP contribution in [0, 0.1) is 5.92 Å². The summed E-state index contributed by atoms with van der Waals surface area (Å²) in [7, 11) is -2.80. The molecule has 0 amide bonds. The molecule has 18 heavy (non-hydrogen) atoms. The fourth-order valence-electron chi connectivity index (χ4n) is 2.44. The third-order valence-corrected chi connectivity index (χ3v) is 5.49. The predicted octanol–water partition coefficient (Wildman–Crippen LogP) is 1.54. The lowest BCUT2D eigenvalue weighted by Gasteiger charge is -2.15. The minimum absolute atomic E-state index is 0.000556. The number of nitrogens with two attached hydrogens (primary N) is 1. The molecular weight excluding hydrogens is 316 g/mol. The fourth-order valence-corrected chi connectivity index (χ4v) is 4.73. The summed E-state index contributed by atoms with van der Waals surface area (Å²) in [5.74, 6) is 0.852. The van der Waals surface area contributed by atoms with Crippen LogP contribution in [0.2, 0.25) is 0 Å². The van der Waals surface area contributed by atoms with Crippen molar-refractivity contribution < 1.29 is 8.42 Å². The Hall–Kier alpha value is -0.460. The van der Waals surface area contributed by atoms with E-state index in [-0.39, 0.29) is 12.0 Å². The molecule has 100 valence electrons. The highest BCUT2D eigenvalue weighted by molar-refractivity contribution is 9.10. The Morgan fingerprint density at radius 1 is 1.50 bits per heavy atom. The van der Waals surface area contributed by atoms with Gasteiger partial charge in [0, 0.05) is 22.9 Å². The summed E-state index contributed by atoms with van der Waals surface area (Å²) < 4.78 is 23.7. The maximum atomic E-state index is 11.4. The van der Waals surface area contributed by atoms with Crippen LogP contribution in [0.25, 0.3) is 0 Å². The minimum Gasteiger partial charge on any atom is -0.327 e. The lowest BCUT2D eigenvalue weighted by molar-refractivity contribution is 0.468. The van der Waals surface area contributed by atoms with E-state index in [2.05, 4.69) is 20.9 Å². The molecule has 0 aromatic carbocycles. The molecule has 0 aliphatic carbocycles. The SMILES string of the molecule is NC(Cc1cncc(Br)c1)CC1CCS(=O)(=O)C1. The van der Waals surface area contributed by atoms with Crippen LogP contribution in [0.1, 0.15) is 18.4 Å². The molecule has 0 radical (unpaired) electrons. The number of aromatic nitrogens is 1. The molecule has 1 aromatic heterocycles. The Morgan fingerprint density at radius 2 is 2.28 bits per heavy atom. The minimum atomic E-state index is -2.80. The molecule has 0 bridgehead atoms. The largest absolute Gasteiger partial charge is 0.327 e. The third kappa shape index (κ3) is 4.03. The van der Waals surface area contributed by atoms with Crippen LogP contribution >= 0.6 is 15.9 Å². The molecule has 1 aromatic rings. The van der Waals surface area contributed by atoms with E-state index in [9.17, 15) is 8.42 Å². The molecule has 6 heteroatoms. The van der Waals surface area contributed by atoms with Crippen LogP contribution in [-0.2, 0) is 16.3 Å². The van der Waals surface area contributed by atoms with Crippen molar-refractivity contribution in [1.29, 1.82) is 0 Å². The molecule has 2 unspecified atom stereocenters. The smallest absolute Gasteiger partial charge is 0.150 e. The molecule has 2 heterocycles. The first-order valence-electron chi connectivity index (χ1n) is 6.00. The molecule has 2 rings (SSSR count). The van der Waals surface area contributed by atoms with E-state index < -0.39 is 9.84 Å². The Morgan fingerprint density at radius 3 is 2.89 bits per heavy atom. The van der Waals surface area contributed by atoms with Crippen molar-refractivity contribution >= 4 is 25.8 Å². The fraction of sp³-hybridized carbons (Fsp3) is 0.583. The highest BCUT2D eigenvalue weighted by Crippen LogP contribution is 2.23. The molecular formula is C12H17BrN2O2S. The van der Waals surface area contributed by atoms with Gasteiger partial charge in [-0.25, -0.2) is 8.42 Å². The van der Waals surface area contributed by atoms with E-state index in [1.807, 2.05) is 6.07 Å². The third-order valence-electron chi connectivity index (χ3n) is 3.22. The van der Waals surface area contributed by atoms with E-state index in [1.165, 1.54) is 0 Å².